The van der Waals surface area contributed by atoms with E-state index >= 15 is 0 Å². The zero-order valence-corrected chi connectivity index (χ0v) is 27.3. The van der Waals surface area contributed by atoms with Gasteiger partial charge in [0.2, 0.25) is 0 Å². The third-order valence-corrected chi connectivity index (χ3v) is 10.2. The third-order valence-electron chi connectivity index (χ3n) is 10.2. The summed E-state index contributed by atoms with van der Waals surface area (Å²) in [6, 6.07) is 5.91. The first-order chi connectivity index (χ1) is 20.3. The topological polar surface area (TPSA) is 54.5 Å². The van der Waals surface area contributed by atoms with E-state index in [9.17, 15) is 14.4 Å². The molecule has 3 aliphatic rings. The van der Waals surface area contributed by atoms with Crippen molar-refractivity contribution >= 4 is 34.9 Å². The Labute approximate surface area is 263 Å². The monoisotopic (exact) mass is 587 g/mol. The number of benzene rings is 3. The van der Waals surface area contributed by atoms with Gasteiger partial charge in [-0.05, 0) is 123 Å². The van der Waals surface area contributed by atoms with Crippen molar-refractivity contribution in [1.82, 2.24) is 0 Å². The van der Waals surface area contributed by atoms with Gasteiger partial charge in [-0.3, -0.25) is 19.3 Å². The molecule has 3 aromatic rings. The number of nitrogens with zero attached hydrogens (tertiary/aromatic N) is 1. The Balaban J connectivity index is 0.00000144. The molecule has 1 amide bonds. The van der Waals surface area contributed by atoms with Crippen molar-refractivity contribution in [1.29, 1.82) is 0 Å². The zero-order chi connectivity index (χ0) is 31.8. The molecule has 3 aromatic carbocycles. The molecule has 0 bridgehead atoms. The Morgan fingerprint density at radius 3 is 1.59 bits per heavy atom. The van der Waals surface area contributed by atoms with E-state index in [1.54, 1.807) is 4.90 Å². The van der Waals surface area contributed by atoms with Crippen LogP contribution in [0.4, 0.5) is 5.69 Å². The fourth-order valence-electron chi connectivity index (χ4n) is 7.20. The average Bonchev–Trinajstić information content (AvgIpc) is 3.41. The Kier molecular flexibility index (Phi) is 8.38. The fourth-order valence-corrected chi connectivity index (χ4v) is 7.20. The predicted octanol–water partition coefficient (Wildman–Crippen LogP) is 9.95. The van der Waals surface area contributed by atoms with Gasteiger partial charge in [-0.25, -0.2) is 0 Å². The highest BCUT2D eigenvalue weighted by Gasteiger charge is 2.42. The van der Waals surface area contributed by atoms with E-state index in [4.69, 9.17) is 0 Å². The van der Waals surface area contributed by atoms with Gasteiger partial charge in [0.05, 0.1) is 22.5 Å². The molecule has 1 unspecified atom stereocenters. The van der Waals surface area contributed by atoms with E-state index < -0.39 is 0 Å². The van der Waals surface area contributed by atoms with Gasteiger partial charge >= 0.3 is 0 Å². The normalized spacial score (nSPS) is 16.5. The number of anilines is 1. The maximum Gasteiger partial charge on any atom is 0.263 e. The number of ketones is 2. The van der Waals surface area contributed by atoms with Crippen LogP contribution in [0.3, 0.4) is 0 Å². The summed E-state index contributed by atoms with van der Waals surface area (Å²) >= 11 is 0. The molecule has 44 heavy (non-hydrogen) atoms. The van der Waals surface area contributed by atoms with Gasteiger partial charge in [0.25, 0.3) is 5.91 Å². The van der Waals surface area contributed by atoms with Gasteiger partial charge in [0, 0.05) is 22.6 Å². The Morgan fingerprint density at radius 2 is 1.09 bits per heavy atom. The number of allylic oxidation sites excluding steroid dienone is 3. The molecule has 1 atom stereocenters. The van der Waals surface area contributed by atoms with Crippen molar-refractivity contribution in [2.45, 2.75) is 89.5 Å². The van der Waals surface area contributed by atoms with Crippen molar-refractivity contribution in [3.05, 3.63) is 120 Å². The van der Waals surface area contributed by atoms with Crippen LogP contribution in [0.2, 0.25) is 0 Å². The minimum Gasteiger partial charge on any atom is -0.288 e. The summed E-state index contributed by atoms with van der Waals surface area (Å²) in [5.74, 6) is -0.781. The first kappa shape index (κ1) is 32.6. The first-order valence-electron chi connectivity index (χ1n) is 15.2. The second kappa shape index (κ2) is 11.3. The Morgan fingerprint density at radius 1 is 0.636 bits per heavy atom. The number of hydrogen-bond donors (Lipinski definition) is 0. The standard InChI is InChI=1S/C37H35NO3.C2H6.CH4/c1-16-19(4)23(8)33-29(20(16)5)25(10)38(37(33)41)28-13-11-12-26-14-15-27(24(9)30(26)28)34-35(39)31-21(6)17(2)18(3)22(7)32(31)36(34)40;1-2;/h11-15,24H,10H2,1-9H3;1-2H3;1H4. The quantitative estimate of drug-likeness (QED) is 0.210. The summed E-state index contributed by atoms with van der Waals surface area (Å²) < 4.78 is 0. The van der Waals surface area contributed by atoms with Gasteiger partial charge in [0.15, 0.2) is 11.6 Å². The number of hydrogen-bond acceptors (Lipinski definition) is 3. The van der Waals surface area contributed by atoms with Crippen LogP contribution < -0.4 is 4.90 Å². The van der Waals surface area contributed by atoms with Gasteiger partial charge in [-0.2, -0.15) is 0 Å². The lowest BCUT2D eigenvalue weighted by molar-refractivity contribution is 0.0980. The molecule has 0 fully saturated rings. The molecule has 0 N–H and O–H groups in total. The summed E-state index contributed by atoms with van der Waals surface area (Å²) in [5.41, 5.74) is 15.1. The highest BCUT2D eigenvalue weighted by atomic mass is 16.2. The molecule has 228 valence electrons. The molecule has 1 aliphatic heterocycles. The molecule has 0 aromatic heterocycles. The minimum absolute atomic E-state index is 0. The summed E-state index contributed by atoms with van der Waals surface area (Å²) in [6.45, 7) is 26.5. The molecular weight excluding hydrogens is 542 g/mol. The van der Waals surface area contributed by atoms with E-state index in [1.165, 1.54) is 5.56 Å². The van der Waals surface area contributed by atoms with Crippen LogP contribution in [0.1, 0.15) is 126 Å². The number of amides is 1. The molecule has 4 heteroatoms. The van der Waals surface area contributed by atoms with E-state index in [0.717, 1.165) is 61.3 Å². The van der Waals surface area contributed by atoms with E-state index in [2.05, 4.69) is 27.4 Å². The molecule has 1 heterocycles. The molecule has 6 rings (SSSR count). The number of rotatable bonds is 1. The van der Waals surface area contributed by atoms with Crippen LogP contribution in [0.15, 0.2) is 42.0 Å². The number of carbonyl (C=O) groups excluding carboxylic acids is 3. The molecule has 0 saturated heterocycles. The lowest BCUT2D eigenvalue weighted by Gasteiger charge is -2.29. The van der Waals surface area contributed by atoms with E-state index in [-0.39, 0.29) is 36.4 Å². The molecule has 0 radical (unpaired) electrons. The molecule has 2 aliphatic carbocycles. The smallest absolute Gasteiger partial charge is 0.263 e. The summed E-state index contributed by atoms with van der Waals surface area (Å²) in [6.07, 6.45) is 3.87. The van der Waals surface area contributed by atoms with E-state index in [1.807, 2.05) is 85.7 Å². The number of carbonyl (C=O) groups is 3. The third kappa shape index (κ3) is 4.14. The Bertz CT molecular complexity index is 1800. The summed E-state index contributed by atoms with van der Waals surface area (Å²) in [4.78, 5) is 43.7. The van der Waals surface area contributed by atoms with Crippen molar-refractivity contribution < 1.29 is 14.4 Å². The summed E-state index contributed by atoms with van der Waals surface area (Å²) in [5, 5.41) is 0. The molecular formula is C40H45NO3. The van der Waals surface area contributed by atoms with Gasteiger partial charge in [0.1, 0.15) is 0 Å². The van der Waals surface area contributed by atoms with Crippen LogP contribution in [0.25, 0.3) is 11.8 Å². The van der Waals surface area contributed by atoms with E-state index in [0.29, 0.717) is 28.0 Å². The minimum atomic E-state index is -0.291. The van der Waals surface area contributed by atoms with Crippen LogP contribution in [-0.2, 0) is 0 Å². The first-order valence-corrected chi connectivity index (χ1v) is 15.2. The molecule has 0 saturated carbocycles. The van der Waals surface area contributed by atoms with Crippen molar-refractivity contribution in [3.63, 3.8) is 0 Å². The largest absolute Gasteiger partial charge is 0.288 e. The molecule has 4 nitrogen and oxygen atoms in total. The lowest BCUT2D eigenvalue weighted by Crippen LogP contribution is -2.25. The number of Topliss-reactive ketones (excluding diaryl/α,β-unsaturated/α-hetero) is 2. The fraction of sp³-hybridized carbons (Fsp3) is 0.325. The van der Waals surface area contributed by atoms with Crippen LogP contribution >= 0.6 is 0 Å². The second-order valence-electron chi connectivity index (χ2n) is 11.9. The highest BCUT2D eigenvalue weighted by molar-refractivity contribution is 6.41. The SMILES string of the molecule is C.C=C1c2c(C)c(C)c(C)c(C)c2C(=O)N1c1cccc2c1C(C)C(=C1C(=O)c3c(C)c(C)c(C)c(C)c3C1=O)C=C2.CC. The lowest BCUT2D eigenvalue weighted by atomic mass is 9.80. The van der Waals surface area contributed by atoms with Crippen LogP contribution in [0, 0.1) is 55.4 Å². The highest BCUT2D eigenvalue weighted by Crippen LogP contribution is 2.48. The average molecular weight is 588 g/mol. The molecule has 0 spiro atoms. The van der Waals surface area contributed by atoms with Crippen molar-refractivity contribution in [2.75, 3.05) is 4.90 Å². The van der Waals surface area contributed by atoms with Crippen molar-refractivity contribution in [3.8, 4) is 0 Å². The van der Waals surface area contributed by atoms with Crippen LogP contribution in [0.5, 0.6) is 0 Å². The zero-order valence-electron chi connectivity index (χ0n) is 27.3. The van der Waals surface area contributed by atoms with Crippen LogP contribution in [-0.4, -0.2) is 17.5 Å². The summed E-state index contributed by atoms with van der Waals surface area (Å²) in [7, 11) is 0. The van der Waals surface area contributed by atoms with Gasteiger partial charge < -0.3 is 0 Å². The number of fused-ring (bicyclic) bond motifs is 3. The van der Waals surface area contributed by atoms with Crippen molar-refractivity contribution in [2.24, 2.45) is 0 Å². The van der Waals surface area contributed by atoms with Gasteiger partial charge in [-0.1, -0.05) is 59.1 Å². The van der Waals surface area contributed by atoms with Gasteiger partial charge in [-0.15, -0.1) is 0 Å². The second-order valence-corrected chi connectivity index (χ2v) is 11.9. The maximum absolute atomic E-state index is 14.1. The predicted molar refractivity (Wildman–Crippen MR) is 184 cm³/mol. The Hall–Kier alpha value is -4.31. The maximum atomic E-state index is 14.1.